The molecule has 1 aromatic heterocycles. The standard InChI is InChI=1S/C17H22ClNOS/c1-5-19-16(17-15(18)12(4)10-21-17)13-8-6-7-9-14(13)20-11(2)3/h6-11,16,19H,5H2,1-4H3. The van der Waals surface area contributed by atoms with Gasteiger partial charge in [-0.05, 0) is 44.3 Å². The number of para-hydroxylation sites is 1. The van der Waals surface area contributed by atoms with Crippen LogP contribution in [0.5, 0.6) is 5.75 Å². The van der Waals surface area contributed by atoms with E-state index in [1.165, 1.54) is 0 Å². The van der Waals surface area contributed by atoms with Gasteiger partial charge in [0, 0.05) is 10.4 Å². The first-order chi connectivity index (χ1) is 10.0. The monoisotopic (exact) mass is 323 g/mol. The highest BCUT2D eigenvalue weighted by Crippen LogP contribution is 2.38. The van der Waals surface area contributed by atoms with Crippen LogP contribution in [-0.4, -0.2) is 12.6 Å². The van der Waals surface area contributed by atoms with E-state index < -0.39 is 0 Å². The van der Waals surface area contributed by atoms with Gasteiger partial charge in [-0.25, -0.2) is 0 Å². The Morgan fingerprint density at radius 1 is 1.29 bits per heavy atom. The third-order valence-electron chi connectivity index (χ3n) is 3.19. The van der Waals surface area contributed by atoms with E-state index in [9.17, 15) is 0 Å². The Bertz CT molecular complexity index is 594. The summed E-state index contributed by atoms with van der Waals surface area (Å²) in [6.07, 6.45) is 0.147. The second-order valence-electron chi connectivity index (χ2n) is 5.29. The van der Waals surface area contributed by atoms with E-state index in [4.69, 9.17) is 16.3 Å². The number of halogens is 1. The Hall–Kier alpha value is -1.03. The van der Waals surface area contributed by atoms with Crippen molar-refractivity contribution in [3.8, 4) is 5.75 Å². The van der Waals surface area contributed by atoms with Gasteiger partial charge in [0.2, 0.25) is 0 Å². The zero-order valence-electron chi connectivity index (χ0n) is 12.9. The smallest absolute Gasteiger partial charge is 0.124 e. The molecule has 0 aliphatic rings. The first kappa shape index (κ1) is 16.3. The molecule has 0 aliphatic heterocycles. The lowest BCUT2D eigenvalue weighted by molar-refractivity contribution is 0.238. The molecule has 0 spiro atoms. The topological polar surface area (TPSA) is 21.3 Å². The normalized spacial score (nSPS) is 12.7. The van der Waals surface area contributed by atoms with Gasteiger partial charge in [0.05, 0.1) is 17.2 Å². The largest absolute Gasteiger partial charge is 0.491 e. The number of rotatable bonds is 6. The van der Waals surface area contributed by atoms with Crippen LogP contribution in [0.1, 0.15) is 42.8 Å². The summed E-state index contributed by atoms with van der Waals surface area (Å²) >= 11 is 8.17. The third kappa shape index (κ3) is 3.79. The fraction of sp³-hybridized carbons (Fsp3) is 0.412. The van der Waals surface area contributed by atoms with Crippen molar-refractivity contribution in [1.29, 1.82) is 0 Å². The Kier molecular flexibility index (Phi) is 5.68. The summed E-state index contributed by atoms with van der Waals surface area (Å²) in [5.74, 6) is 0.917. The minimum Gasteiger partial charge on any atom is -0.491 e. The van der Waals surface area contributed by atoms with Crippen LogP contribution >= 0.6 is 22.9 Å². The number of thiophene rings is 1. The molecule has 2 aromatic rings. The minimum atomic E-state index is 0.0659. The van der Waals surface area contributed by atoms with Crippen molar-refractivity contribution in [3.05, 3.63) is 50.7 Å². The van der Waals surface area contributed by atoms with Gasteiger partial charge in [-0.15, -0.1) is 11.3 Å². The van der Waals surface area contributed by atoms with Gasteiger partial charge in [0.25, 0.3) is 0 Å². The second kappa shape index (κ2) is 7.30. The average Bonchev–Trinajstić information content (AvgIpc) is 2.77. The van der Waals surface area contributed by atoms with Crippen LogP contribution in [-0.2, 0) is 0 Å². The zero-order chi connectivity index (χ0) is 15.4. The molecule has 0 amide bonds. The molecule has 1 aromatic carbocycles. The zero-order valence-corrected chi connectivity index (χ0v) is 14.5. The predicted molar refractivity (Wildman–Crippen MR) is 91.8 cm³/mol. The lowest BCUT2D eigenvalue weighted by atomic mass is 10.0. The number of aryl methyl sites for hydroxylation is 1. The number of hydrogen-bond donors (Lipinski definition) is 1. The number of ether oxygens (including phenoxy) is 1. The Balaban J connectivity index is 2.45. The molecule has 0 aliphatic carbocycles. The maximum atomic E-state index is 6.48. The van der Waals surface area contributed by atoms with Crippen molar-refractivity contribution >= 4 is 22.9 Å². The molecule has 4 heteroatoms. The molecule has 2 rings (SSSR count). The molecular weight excluding hydrogens is 302 g/mol. The maximum absolute atomic E-state index is 6.48. The van der Waals surface area contributed by atoms with Gasteiger partial charge >= 0.3 is 0 Å². The van der Waals surface area contributed by atoms with Crippen molar-refractivity contribution in [2.24, 2.45) is 0 Å². The number of benzene rings is 1. The summed E-state index contributed by atoms with van der Waals surface area (Å²) in [4.78, 5) is 1.15. The summed E-state index contributed by atoms with van der Waals surface area (Å²) in [5, 5.41) is 6.49. The van der Waals surface area contributed by atoms with E-state index >= 15 is 0 Å². The molecule has 0 radical (unpaired) electrons. The highest BCUT2D eigenvalue weighted by Gasteiger charge is 2.22. The van der Waals surface area contributed by atoms with Gasteiger partial charge in [-0.2, -0.15) is 0 Å². The quantitative estimate of drug-likeness (QED) is 0.789. The van der Waals surface area contributed by atoms with Crippen LogP contribution < -0.4 is 10.1 Å². The molecule has 0 saturated heterocycles. The SMILES string of the molecule is CCNC(c1ccccc1OC(C)C)c1scc(C)c1Cl. The summed E-state index contributed by atoms with van der Waals surface area (Å²) in [5.41, 5.74) is 2.26. The average molecular weight is 324 g/mol. The van der Waals surface area contributed by atoms with Crippen molar-refractivity contribution < 1.29 is 4.74 Å². The lowest BCUT2D eigenvalue weighted by Crippen LogP contribution is -2.22. The van der Waals surface area contributed by atoms with E-state index in [-0.39, 0.29) is 12.1 Å². The molecule has 114 valence electrons. The molecule has 1 atom stereocenters. The van der Waals surface area contributed by atoms with Crippen molar-refractivity contribution in [1.82, 2.24) is 5.32 Å². The van der Waals surface area contributed by atoms with Crippen LogP contribution in [0, 0.1) is 6.92 Å². The van der Waals surface area contributed by atoms with Gasteiger partial charge in [-0.1, -0.05) is 36.7 Å². The second-order valence-corrected chi connectivity index (χ2v) is 6.58. The van der Waals surface area contributed by atoms with Crippen molar-refractivity contribution in [2.75, 3.05) is 6.54 Å². The molecule has 0 saturated carbocycles. The van der Waals surface area contributed by atoms with E-state index in [1.807, 2.05) is 39.0 Å². The summed E-state index contributed by atoms with van der Waals surface area (Å²) in [6, 6.07) is 8.24. The summed E-state index contributed by atoms with van der Waals surface area (Å²) in [6.45, 7) is 9.10. The highest BCUT2D eigenvalue weighted by molar-refractivity contribution is 7.10. The fourth-order valence-corrected chi connectivity index (χ4v) is 3.67. The molecule has 2 nitrogen and oxygen atoms in total. The molecule has 0 fully saturated rings. The van der Waals surface area contributed by atoms with Crippen LogP contribution in [0.2, 0.25) is 5.02 Å². The van der Waals surface area contributed by atoms with Crippen LogP contribution in [0.3, 0.4) is 0 Å². The van der Waals surface area contributed by atoms with E-state index in [2.05, 4.69) is 23.7 Å². The van der Waals surface area contributed by atoms with Crippen LogP contribution in [0.25, 0.3) is 0 Å². The lowest BCUT2D eigenvalue weighted by Gasteiger charge is -2.22. The summed E-state index contributed by atoms with van der Waals surface area (Å²) in [7, 11) is 0. The van der Waals surface area contributed by atoms with Crippen molar-refractivity contribution in [3.63, 3.8) is 0 Å². The number of nitrogens with one attached hydrogen (secondary N) is 1. The molecular formula is C17H22ClNOS. The Morgan fingerprint density at radius 3 is 2.57 bits per heavy atom. The molecule has 1 N–H and O–H groups in total. The van der Waals surface area contributed by atoms with Crippen molar-refractivity contribution in [2.45, 2.75) is 39.8 Å². The highest BCUT2D eigenvalue weighted by atomic mass is 35.5. The van der Waals surface area contributed by atoms with Crippen LogP contribution in [0.4, 0.5) is 0 Å². The summed E-state index contributed by atoms with van der Waals surface area (Å²) < 4.78 is 5.96. The van der Waals surface area contributed by atoms with E-state index in [1.54, 1.807) is 11.3 Å². The van der Waals surface area contributed by atoms with E-state index in [0.29, 0.717) is 0 Å². The molecule has 0 bridgehead atoms. The van der Waals surface area contributed by atoms with Gasteiger partial charge in [-0.3, -0.25) is 0 Å². The van der Waals surface area contributed by atoms with Gasteiger partial charge in [0.1, 0.15) is 5.75 Å². The third-order valence-corrected chi connectivity index (χ3v) is 4.97. The Morgan fingerprint density at radius 2 is 2.00 bits per heavy atom. The van der Waals surface area contributed by atoms with Crippen LogP contribution in [0.15, 0.2) is 29.6 Å². The Labute approximate surface area is 136 Å². The van der Waals surface area contributed by atoms with Gasteiger partial charge in [0.15, 0.2) is 0 Å². The first-order valence-electron chi connectivity index (χ1n) is 7.27. The molecule has 1 unspecified atom stereocenters. The molecule has 1 heterocycles. The predicted octanol–water partition coefficient (Wildman–Crippen LogP) is 5.20. The van der Waals surface area contributed by atoms with E-state index in [0.717, 1.165) is 33.3 Å². The fourth-order valence-electron chi connectivity index (χ4n) is 2.27. The van der Waals surface area contributed by atoms with Gasteiger partial charge < -0.3 is 10.1 Å². The molecule has 21 heavy (non-hydrogen) atoms. The first-order valence-corrected chi connectivity index (χ1v) is 8.52. The minimum absolute atomic E-state index is 0.0659. The maximum Gasteiger partial charge on any atom is 0.124 e. The number of hydrogen-bond acceptors (Lipinski definition) is 3.